The summed E-state index contributed by atoms with van der Waals surface area (Å²) in [4.78, 5) is 19.1. The molecule has 0 amide bonds. The molecule has 3 rings (SSSR count). The normalized spacial score (nSPS) is 20.2. The predicted molar refractivity (Wildman–Crippen MR) is 79.3 cm³/mol. The number of anilines is 1. The lowest BCUT2D eigenvalue weighted by atomic mass is 10.2. The van der Waals surface area contributed by atoms with Crippen LogP contribution in [-0.4, -0.2) is 34.6 Å². The van der Waals surface area contributed by atoms with Gasteiger partial charge in [0.25, 0.3) is 5.56 Å². The highest BCUT2D eigenvalue weighted by molar-refractivity contribution is 9.10. The number of nitrogens with zero attached hydrogens (tertiary/aromatic N) is 3. The number of nitrogens with two attached hydrogens (primary N) is 1. The zero-order chi connectivity index (χ0) is 13.6. The van der Waals surface area contributed by atoms with E-state index in [-0.39, 0.29) is 11.6 Å². The molecule has 0 radical (unpaired) electrons. The van der Waals surface area contributed by atoms with E-state index < -0.39 is 0 Å². The van der Waals surface area contributed by atoms with E-state index in [1.807, 2.05) is 19.2 Å². The van der Waals surface area contributed by atoms with Crippen LogP contribution in [0.25, 0.3) is 10.9 Å². The van der Waals surface area contributed by atoms with E-state index in [9.17, 15) is 4.79 Å². The largest absolute Gasteiger partial charge is 0.369 e. The number of aromatic nitrogens is 2. The molecule has 1 aromatic carbocycles. The zero-order valence-corrected chi connectivity index (χ0v) is 12.2. The molecule has 1 fully saturated rings. The first-order valence-electron chi connectivity index (χ1n) is 6.22. The predicted octanol–water partition coefficient (Wildman–Crippen LogP) is 1.62. The first-order chi connectivity index (χ1) is 9.06. The van der Waals surface area contributed by atoms with Crippen LogP contribution in [0, 0.1) is 0 Å². The van der Waals surface area contributed by atoms with Gasteiger partial charge in [0.2, 0.25) is 5.95 Å². The van der Waals surface area contributed by atoms with Crippen LogP contribution in [0.2, 0.25) is 0 Å². The fourth-order valence-electron chi connectivity index (χ4n) is 2.66. The summed E-state index contributed by atoms with van der Waals surface area (Å²) >= 11 is 3.39. The van der Waals surface area contributed by atoms with Crippen molar-refractivity contribution in [3.05, 3.63) is 33.0 Å². The van der Waals surface area contributed by atoms with E-state index in [4.69, 9.17) is 5.73 Å². The average molecular weight is 323 g/mol. The minimum absolute atomic E-state index is 0.0518. The van der Waals surface area contributed by atoms with Gasteiger partial charge >= 0.3 is 0 Å². The molecule has 0 bridgehead atoms. The summed E-state index contributed by atoms with van der Waals surface area (Å²) in [7, 11) is 2.05. The van der Waals surface area contributed by atoms with Crippen LogP contribution in [0.3, 0.4) is 0 Å². The first-order valence-corrected chi connectivity index (χ1v) is 7.01. The standard InChI is InChI=1S/C13H15BrN4O/c1-17-5-4-9(7-17)18-12(19)10-6-8(14)2-3-11(10)16-13(18)15/h2-3,6,9H,4-5,7H2,1H3,(H2,15,16). The molecule has 2 N–H and O–H groups in total. The Labute approximate surface area is 119 Å². The lowest BCUT2D eigenvalue weighted by Crippen LogP contribution is -2.30. The average Bonchev–Trinajstić information content (AvgIpc) is 2.77. The number of likely N-dealkylation sites (N-methyl/N-ethyl adjacent to an activating group) is 1. The second kappa shape index (κ2) is 4.61. The van der Waals surface area contributed by atoms with Crippen molar-refractivity contribution < 1.29 is 0 Å². The lowest BCUT2D eigenvalue weighted by Gasteiger charge is -2.17. The van der Waals surface area contributed by atoms with Crippen LogP contribution in [0.15, 0.2) is 27.5 Å². The fraction of sp³-hybridized carbons (Fsp3) is 0.385. The highest BCUT2D eigenvalue weighted by Gasteiger charge is 2.24. The second-order valence-electron chi connectivity index (χ2n) is 5.01. The van der Waals surface area contributed by atoms with Gasteiger partial charge < -0.3 is 10.6 Å². The first kappa shape index (κ1) is 12.6. The van der Waals surface area contributed by atoms with Crippen molar-refractivity contribution >= 4 is 32.8 Å². The second-order valence-corrected chi connectivity index (χ2v) is 5.93. The zero-order valence-electron chi connectivity index (χ0n) is 10.6. The van der Waals surface area contributed by atoms with Crippen molar-refractivity contribution in [1.82, 2.24) is 14.5 Å². The highest BCUT2D eigenvalue weighted by atomic mass is 79.9. The van der Waals surface area contributed by atoms with Crippen molar-refractivity contribution in [2.45, 2.75) is 12.5 Å². The number of rotatable bonds is 1. The molecule has 2 heterocycles. The number of hydrogen-bond acceptors (Lipinski definition) is 4. The Morgan fingerprint density at radius 2 is 2.26 bits per heavy atom. The summed E-state index contributed by atoms with van der Waals surface area (Å²) in [5.74, 6) is 0.306. The van der Waals surface area contributed by atoms with E-state index >= 15 is 0 Å². The maximum Gasteiger partial charge on any atom is 0.263 e. The van der Waals surface area contributed by atoms with Crippen LogP contribution in [0.4, 0.5) is 5.95 Å². The van der Waals surface area contributed by atoms with Crippen molar-refractivity contribution in [2.75, 3.05) is 25.9 Å². The Morgan fingerprint density at radius 1 is 1.47 bits per heavy atom. The molecule has 1 aliphatic rings. The van der Waals surface area contributed by atoms with Crippen LogP contribution < -0.4 is 11.3 Å². The Morgan fingerprint density at radius 3 is 2.95 bits per heavy atom. The van der Waals surface area contributed by atoms with E-state index in [0.717, 1.165) is 24.0 Å². The Kier molecular flexibility index (Phi) is 3.06. The van der Waals surface area contributed by atoms with Gasteiger partial charge in [0, 0.05) is 11.0 Å². The molecular formula is C13H15BrN4O. The van der Waals surface area contributed by atoms with Crippen LogP contribution in [-0.2, 0) is 0 Å². The van der Waals surface area contributed by atoms with E-state index in [1.54, 1.807) is 10.6 Å². The summed E-state index contributed by atoms with van der Waals surface area (Å²) in [6, 6.07) is 5.59. The molecule has 6 heteroatoms. The van der Waals surface area contributed by atoms with E-state index in [0.29, 0.717) is 16.9 Å². The fourth-order valence-corrected chi connectivity index (χ4v) is 3.02. The molecule has 0 spiro atoms. The third-order valence-corrected chi connectivity index (χ3v) is 4.11. The third kappa shape index (κ3) is 2.15. The number of nitrogen functional groups attached to an aromatic ring is 1. The number of likely N-dealkylation sites (tertiary alicyclic amines) is 1. The van der Waals surface area contributed by atoms with Gasteiger partial charge in [0.05, 0.1) is 16.9 Å². The number of benzene rings is 1. The van der Waals surface area contributed by atoms with Gasteiger partial charge in [-0.1, -0.05) is 15.9 Å². The summed E-state index contributed by atoms with van der Waals surface area (Å²) in [6.07, 6.45) is 0.932. The molecular weight excluding hydrogens is 308 g/mol. The van der Waals surface area contributed by atoms with Gasteiger partial charge in [0.15, 0.2) is 0 Å². The monoisotopic (exact) mass is 322 g/mol. The maximum atomic E-state index is 12.6. The molecule has 0 aliphatic carbocycles. The lowest BCUT2D eigenvalue weighted by molar-refractivity contribution is 0.391. The summed E-state index contributed by atoms with van der Waals surface area (Å²) < 4.78 is 2.51. The Bertz CT molecular complexity index is 697. The van der Waals surface area contributed by atoms with Crippen LogP contribution in [0.5, 0.6) is 0 Å². The summed E-state index contributed by atoms with van der Waals surface area (Å²) in [6.45, 7) is 1.82. The summed E-state index contributed by atoms with van der Waals surface area (Å²) in [5.41, 5.74) is 6.57. The third-order valence-electron chi connectivity index (χ3n) is 3.62. The minimum Gasteiger partial charge on any atom is -0.369 e. The maximum absolute atomic E-state index is 12.6. The molecule has 2 aromatic rings. The minimum atomic E-state index is -0.0518. The molecule has 0 saturated carbocycles. The molecule has 1 unspecified atom stereocenters. The quantitative estimate of drug-likeness (QED) is 0.866. The number of halogens is 1. The van der Waals surface area contributed by atoms with E-state index in [2.05, 4.69) is 25.8 Å². The number of fused-ring (bicyclic) bond motifs is 1. The molecule has 1 saturated heterocycles. The SMILES string of the molecule is CN1CCC(n2c(N)nc3ccc(Br)cc3c2=O)C1. The van der Waals surface area contributed by atoms with Gasteiger partial charge in [0.1, 0.15) is 0 Å². The topological polar surface area (TPSA) is 64.2 Å². The van der Waals surface area contributed by atoms with E-state index in [1.165, 1.54) is 0 Å². The van der Waals surface area contributed by atoms with Gasteiger partial charge in [-0.05, 0) is 38.2 Å². The smallest absolute Gasteiger partial charge is 0.263 e. The van der Waals surface area contributed by atoms with Crippen molar-refractivity contribution in [3.8, 4) is 0 Å². The van der Waals surface area contributed by atoms with Crippen LogP contribution in [0.1, 0.15) is 12.5 Å². The van der Waals surface area contributed by atoms with Gasteiger partial charge in [-0.2, -0.15) is 0 Å². The van der Waals surface area contributed by atoms with Crippen molar-refractivity contribution in [1.29, 1.82) is 0 Å². The van der Waals surface area contributed by atoms with Crippen LogP contribution >= 0.6 is 15.9 Å². The molecule has 5 nitrogen and oxygen atoms in total. The van der Waals surface area contributed by atoms with Gasteiger partial charge in [-0.3, -0.25) is 9.36 Å². The van der Waals surface area contributed by atoms with Gasteiger partial charge in [-0.25, -0.2) is 4.98 Å². The molecule has 1 atom stereocenters. The molecule has 100 valence electrons. The molecule has 19 heavy (non-hydrogen) atoms. The van der Waals surface area contributed by atoms with Gasteiger partial charge in [-0.15, -0.1) is 0 Å². The molecule has 1 aliphatic heterocycles. The number of hydrogen-bond donors (Lipinski definition) is 1. The van der Waals surface area contributed by atoms with Crippen molar-refractivity contribution in [2.24, 2.45) is 0 Å². The molecule has 1 aromatic heterocycles. The van der Waals surface area contributed by atoms with Crippen molar-refractivity contribution in [3.63, 3.8) is 0 Å². The Hall–Kier alpha value is -1.40. The summed E-state index contributed by atoms with van der Waals surface area (Å²) in [5, 5.41) is 0.609. The highest BCUT2D eigenvalue weighted by Crippen LogP contribution is 2.23. The Balaban J connectivity index is 2.22.